The zero-order valence-corrected chi connectivity index (χ0v) is 26.3. The van der Waals surface area contributed by atoms with Crippen molar-refractivity contribution in [3.05, 3.63) is 72.6 Å². The van der Waals surface area contributed by atoms with Crippen LogP contribution in [0.25, 0.3) is 32.8 Å². The van der Waals surface area contributed by atoms with Crippen LogP contribution in [0, 0.1) is 0 Å². The van der Waals surface area contributed by atoms with Crippen molar-refractivity contribution in [2.24, 2.45) is 7.05 Å². The summed E-state index contributed by atoms with van der Waals surface area (Å²) in [6, 6.07) is 19.1. The Morgan fingerprint density at radius 2 is 1.80 bits per heavy atom. The normalized spacial score (nSPS) is 21.5. The fourth-order valence-corrected chi connectivity index (χ4v) is 7.72. The van der Waals surface area contributed by atoms with E-state index in [0.29, 0.717) is 38.2 Å². The molecule has 236 valence electrons. The van der Waals surface area contributed by atoms with Gasteiger partial charge in [-0.1, -0.05) is 30.3 Å². The van der Waals surface area contributed by atoms with Gasteiger partial charge in [-0.3, -0.25) is 9.48 Å². The molecule has 10 heteroatoms. The van der Waals surface area contributed by atoms with Crippen molar-refractivity contribution in [3.8, 4) is 22.9 Å². The number of carbonyl (C=O) groups is 1. The average Bonchev–Trinajstić information content (AvgIpc) is 3.74. The lowest BCUT2D eigenvalue weighted by atomic mass is 9.97. The molecule has 0 saturated carbocycles. The summed E-state index contributed by atoms with van der Waals surface area (Å²) in [6.07, 6.45) is 8.33. The number of benzene rings is 3. The van der Waals surface area contributed by atoms with Crippen LogP contribution < -0.4 is 9.64 Å². The number of phenolic OH excluding ortho intramolecular Hbond substituents is 1. The molecule has 5 heterocycles. The number of anilines is 1. The first-order valence-corrected chi connectivity index (χ1v) is 16.3. The number of ether oxygens (including phenoxy) is 1. The molecule has 1 N–H and O–H groups in total. The van der Waals surface area contributed by atoms with Gasteiger partial charge in [0.2, 0.25) is 5.91 Å². The Morgan fingerprint density at radius 3 is 2.57 bits per heavy atom. The number of hydrogen-bond donors (Lipinski definition) is 1. The van der Waals surface area contributed by atoms with Gasteiger partial charge in [0.05, 0.1) is 18.1 Å². The highest BCUT2D eigenvalue weighted by molar-refractivity contribution is 6.01. The minimum Gasteiger partial charge on any atom is -0.508 e. The van der Waals surface area contributed by atoms with Gasteiger partial charge in [-0.05, 0) is 91.0 Å². The Balaban J connectivity index is 1.15. The quantitative estimate of drug-likeness (QED) is 0.279. The Labute approximate surface area is 268 Å². The van der Waals surface area contributed by atoms with Crippen LogP contribution in [0.5, 0.6) is 11.8 Å². The molecule has 46 heavy (non-hydrogen) atoms. The van der Waals surface area contributed by atoms with Gasteiger partial charge in [-0.15, -0.1) is 0 Å². The fraction of sp³-hybridized carbons (Fsp3) is 0.389. The van der Waals surface area contributed by atoms with Crippen molar-refractivity contribution in [2.75, 3.05) is 38.2 Å². The van der Waals surface area contributed by atoms with Crippen LogP contribution in [0.2, 0.25) is 0 Å². The Bertz CT molecular complexity index is 1930. The summed E-state index contributed by atoms with van der Waals surface area (Å²) in [4.78, 5) is 30.2. The van der Waals surface area contributed by atoms with Crippen molar-refractivity contribution in [3.63, 3.8) is 0 Å². The number of rotatable bonds is 7. The number of hydrogen-bond acceptors (Lipinski definition) is 8. The van der Waals surface area contributed by atoms with E-state index in [-0.39, 0.29) is 23.7 Å². The highest BCUT2D eigenvalue weighted by Crippen LogP contribution is 2.40. The molecule has 0 radical (unpaired) electrons. The summed E-state index contributed by atoms with van der Waals surface area (Å²) in [5.74, 6) is 1.25. The summed E-state index contributed by atoms with van der Waals surface area (Å²) in [7, 11) is 4.02. The summed E-state index contributed by atoms with van der Waals surface area (Å²) < 4.78 is 8.09. The number of amides is 1. The first-order chi connectivity index (χ1) is 22.4. The molecule has 3 fully saturated rings. The van der Waals surface area contributed by atoms with Crippen molar-refractivity contribution in [1.82, 2.24) is 29.5 Å². The molecule has 8 rings (SSSR count). The fourth-order valence-electron chi connectivity index (χ4n) is 7.72. The lowest BCUT2D eigenvalue weighted by Crippen LogP contribution is -2.56. The SMILES string of the molecule is CN1CCC[C@H]1COc1nc(N2C3CCC2CN(C(=O)Cc2cnn(C)c2)C3)c2ccc(-c3cc(O)cc4ccccc34)cc2n1. The lowest BCUT2D eigenvalue weighted by molar-refractivity contribution is -0.131. The van der Waals surface area contributed by atoms with Gasteiger partial charge in [0, 0.05) is 49.8 Å². The minimum atomic E-state index is 0.143. The molecule has 0 aliphatic carbocycles. The molecule has 10 nitrogen and oxygen atoms in total. The Hall–Kier alpha value is -4.70. The van der Waals surface area contributed by atoms with E-state index in [2.05, 4.69) is 46.2 Å². The molecule has 3 atom stereocenters. The van der Waals surface area contributed by atoms with Crippen molar-refractivity contribution >= 4 is 33.4 Å². The highest BCUT2D eigenvalue weighted by Gasteiger charge is 2.43. The number of carbonyl (C=O) groups excluding carboxylic acids is 1. The molecule has 2 unspecified atom stereocenters. The first-order valence-electron chi connectivity index (χ1n) is 16.3. The smallest absolute Gasteiger partial charge is 0.319 e. The number of phenols is 1. The molecule has 3 saturated heterocycles. The highest BCUT2D eigenvalue weighted by atomic mass is 16.5. The first kappa shape index (κ1) is 28.8. The third kappa shape index (κ3) is 5.30. The second-order valence-electron chi connectivity index (χ2n) is 13.2. The Morgan fingerprint density at radius 1 is 0.978 bits per heavy atom. The summed E-state index contributed by atoms with van der Waals surface area (Å²) >= 11 is 0. The van der Waals surface area contributed by atoms with Crippen LogP contribution in [0.3, 0.4) is 0 Å². The lowest BCUT2D eigenvalue weighted by Gasteiger charge is -2.42. The Kier molecular flexibility index (Phi) is 7.24. The monoisotopic (exact) mass is 617 g/mol. The van der Waals surface area contributed by atoms with Gasteiger partial charge in [0.15, 0.2) is 0 Å². The number of likely N-dealkylation sites (tertiary alicyclic amines) is 2. The van der Waals surface area contributed by atoms with Crippen LogP contribution in [-0.2, 0) is 18.3 Å². The van der Waals surface area contributed by atoms with E-state index in [1.807, 2.05) is 42.4 Å². The van der Waals surface area contributed by atoms with E-state index in [9.17, 15) is 9.90 Å². The second kappa shape index (κ2) is 11.6. The molecule has 0 spiro atoms. The summed E-state index contributed by atoms with van der Waals surface area (Å²) in [5.41, 5.74) is 3.67. The molecule has 5 aromatic rings. The van der Waals surface area contributed by atoms with Crippen LogP contribution in [0.4, 0.5) is 5.82 Å². The summed E-state index contributed by atoms with van der Waals surface area (Å²) in [6.45, 7) is 2.95. The maximum Gasteiger partial charge on any atom is 0.319 e. The van der Waals surface area contributed by atoms with Gasteiger partial charge in [-0.25, -0.2) is 0 Å². The number of piperazine rings is 1. The van der Waals surface area contributed by atoms with Crippen molar-refractivity contribution in [2.45, 2.75) is 50.2 Å². The number of aromatic hydroxyl groups is 1. The predicted molar refractivity (Wildman–Crippen MR) is 178 cm³/mol. The van der Waals surface area contributed by atoms with Crippen LogP contribution >= 0.6 is 0 Å². The maximum atomic E-state index is 13.3. The average molecular weight is 618 g/mol. The van der Waals surface area contributed by atoms with Gasteiger partial charge >= 0.3 is 6.01 Å². The zero-order valence-electron chi connectivity index (χ0n) is 26.3. The minimum absolute atomic E-state index is 0.143. The van der Waals surface area contributed by atoms with Gasteiger partial charge in [0.25, 0.3) is 0 Å². The van der Waals surface area contributed by atoms with E-state index in [4.69, 9.17) is 14.7 Å². The standard InChI is InChI=1S/C36H39N7O3/c1-40-13-5-7-28(40)22-46-36-38-33-16-25(32-17-29(44)15-24-6-3-4-8-30(24)32)9-12-31(33)35(39-36)43-26-10-11-27(43)21-42(20-26)34(45)14-23-18-37-41(2)19-23/h3-4,6,8-9,12,15-19,26-28,44H,5,7,10-11,13-14,20-22H2,1-2H3/t26?,27?,28-/m0/s1. The van der Waals surface area contributed by atoms with Crippen molar-refractivity contribution < 1.29 is 14.6 Å². The number of aromatic nitrogens is 4. The largest absolute Gasteiger partial charge is 0.508 e. The van der Waals surface area contributed by atoms with E-state index in [1.165, 1.54) is 6.42 Å². The van der Waals surface area contributed by atoms with E-state index >= 15 is 0 Å². The van der Waals surface area contributed by atoms with Gasteiger partial charge in [-0.2, -0.15) is 15.1 Å². The van der Waals surface area contributed by atoms with Crippen LogP contribution in [0.15, 0.2) is 67.0 Å². The number of aryl methyl sites for hydroxylation is 1. The third-order valence-corrected chi connectivity index (χ3v) is 10.1. The molecular formula is C36H39N7O3. The maximum absolute atomic E-state index is 13.3. The molecule has 2 bridgehead atoms. The van der Waals surface area contributed by atoms with Crippen LogP contribution in [-0.4, -0.2) is 92.0 Å². The summed E-state index contributed by atoms with van der Waals surface area (Å²) in [5, 5.41) is 17.8. The van der Waals surface area contributed by atoms with Gasteiger partial charge < -0.3 is 24.5 Å². The van der Waals surface area contributed by atoms with Crippen molar-refractivity contribution in [1.29, 1.82) is 0 Å². The molecule has 3 aliphatic heterocycles. The van der Waals surface area contributed by atoms with E-state index in [0.717, 1.165) is 70.0 Å². The molecule has 2 aromatic heterocycles. The molecule has 1 amide bonds. The number of fused-ring (bicyclic) bond motifs is 4. The number of nitrogens with zero attached hydrogens (tertiary/aromatic N) is 7. The van der Waals surface area contributed by atoms with E-state index < -0.39 is 0 Å². The number of likely N-dealkylation sites (N-methyl/N-ethyl adjacent to an activating group) is 1. The molecular weight excluding hydrogens is 578 g/mol. The molecule has 3 aliphatic rings. The van der Waals surface area contributed by atoms with E-state index in [1.54, 1.807) is 16.9 Å². The van der Waals surface area contributed by atoms with Gasteiger partial charge in [0.1, 0.15) is 18.2 Å². The zero-order chi connectivity index (χ0) is 31.4. The topological polar surface area (TPSA) is 99.9 Å². The van der Waals surface area contributed by atoms with Crippen LogP contribution in [0.1, 0.15) is 31.2 Å². The third-order valence-electron chi connectivity index (χ3n) is 10.1. The molecule has 3 aromatic carbocycles. The second-order valence-corrected chi connectivity index (χ2v) is 13.2. The predicted octanol–water partition coefficient (Wildman–Crippen LogP) is 4.78.